The lowest BCUT2D eigenvalue weighted by Crippen LogP contribution is -2.05. The molecule has 2 aromatic rings. The third kappa shape index (κ3) is 6.09. The number of carboxylic acid groups (broad SMARTS) is 1. The van der Waals surface area contributed by atoms with Crippen molar-refractivity contribution in [1.82, 2.24) is 0 Å². The van der Waals surface area contributed by atoms with Crippen molar-refractivity contribution in [2.24, 2.45) is 0 Å². The Morgan fingerprint density at radius 3 is 2.29 bits per heavy atom. The van der Waals surface area contributed by atoms with Crippen molar-refractivity contribution < 1.29 is 37.5 Å². The standard InChI is InChI=1S/C14H7ClF3NO5.C3H4O/c15-10-5-7(14(16,17)18)1-4-12(10)24-8-2-3-11(19(22)23)9(6-8)13(20)21;1-2-3-4/h1-6H,(H,20,21);2-3H,1H2. The van der Waals surface area contributed by atoms with Gasteiger partial charge in [-0.3, -0.25) is 14.9 Å². The van der Waals surface area contributed by atoms with Crippen LogP contribution in [0.2, 0.25) is 5.02 Å². The molecule has 0 aliphatic carbocycles. The number of nitro benzene ring substituents is 1. The van der Waals surface area contributed by atoms with E-state index in [0.717, 1.165) is 30.3 Å². The Morgan fingerprint density at radius 2 is 1.86 bits per heavy atom. The predicted molar refractivity (Wildman–Crippen MR) is 92.8 cm³/mol. The van der Waals surface area contributed by atoms with Crippen molar-refractivity contribution in [2.45, 2.75) is 6.18 Å². The number of carboxylic acids is 1. The molecule has 0 fully saturated rings. The molecule has 0 aliphatic rings. The first-order chi connectivity index (χ1) is 13.0. The molecular formula is C17H11ClF3NO6. The molecule has 2 rings (SSSR count). The molecule has 148 valence electrons. The minimum absolute atomic E-state index is 0.125. The Kier molecular flexibility index (Phi) is 7.69. The summed E-state index contributed by atoms with van der Waals surface area (Å²) in [4.78, 5) is 30.0. The number of hydrogen-bond acceptors (Lipinski definition) is 5. The van der Waals surface area contributed by atoms with E-state index in [1.807, 2.05) is 0 Å². The van der Waals surface area contributed by atoms with Gasteiger partial charge in [-0.2, -0.15) is 13.2 Å². The summed E-state index contributed by atoms with van der Waals surface area (Å²) in [5, 5.41) is 19.4. The molecule has 0 saturated heterocycles. The van der Waals surface area contributed by atoms with Gasteiger partial charge in [-0.05, 0) is 30.3 Å². The first-order valence-electron chi connectivity index (χ1n) is 7.13. The van der Waals surface area contributed by atoms with E-state index in [1.54, 1.807) is 0 Å². The highest BCUT2D eigenvalue weighted by Crippen LogP contribution is 2.37. The van der Waals surface area contributed by atoms with Crippen LogP contribution in [0.25, 0.3) is 0 Å². The molecule has 11 heteroatoms. The van der Waals surface area contributed by atoms with Gasteiger partial charge in [-0.15, -0.1) is 0 Å². The number of alkyl halides is 3. The Bertz CT molecular complexity index is 908. The van der Waals surface area contributed by atoms with Crippen LogP contribution in [0.5, 0.6) is 11.5 Å². The van der Waals surface area contributed by atoms with Crippen LogP contribution in [-0.2, 0) is 11.0 Å². The van der Waals surface area contributed by atoms with Crippen LogP contribution >= 0.6 is 11.6 Å². The quantitative estimate of drug-likeness (QED) is 0.313. The molecule has 0 aliphatic heterocycles. The van der Waals surface area contributed by atoms with Crippen molar-refractivity contribution in [1.29, 1.82) is 0 Å². The van der Waals surface area contributed by atoms with Gasteiger partial charge < -0.3 is 9.84 Å². The second kappa shape index (κ2) is 9.51. The molecule has 0 spiro atoms. The highest BCUT2D eigenvalue weighted by Gasteiger charge is 2.31. The second-order valence-electron chi connectivity index (χ2n) is 4.86. The largest absolute Gasteiger partial charge is 0.477 e. The zero-order chi connectivity index (χ0) is 21.5. The van der Waals surface area contributed by atoms with Gasteiger partial charge in [0, 0.05) is 12.1 Å². The van der Waals surface area contributed by atoms with E-state index in [1.165, 1.54) is 6.08 Å². The Morgan fingerprint density at radius 1 is 1.25 bits per heavy atom. The first kappa shape index (κ1) is 22.6. The summed E-state index contributed by atoms with van der Waals surface area (Å²) in [6.45, 7) is 3.11. The molecule has 0 radical (unpaired) electrons. The summed E-state index contributed by atoms with van der Waals surface area (Å²) in [6, 6.07) is 5.27. The minimum atomic E-state index is -4.58. The van der Waals surface area contributed by atoms with Crippen molar-refractivity contribution in [3.8, 4) is 11.5 Å². The van der Waals surface area contributed by atoms with Gasteiger partial charge in [-0.1, -0.05) is 18.2 Å². The lowest BCUT2D eigenvalue weighted by Gasteiger charge is -2.11. The number of allylic oxidation sites excluding steroid dienone is 1. The zero-order valence-corrected chi connectivity index (χ0v) is 14.5. The van der Waals surface area contributed by atoms with Gasteiger partial charge in [0.2, 0.25) is 0 Å². The van der Waals surface area contributed by atoms with Crippen molar-refractivity contribution in [2.75, 3.05) is 0 Å². The zero-order valence-electron chi connectivity index (χ0n) is 13.8. The van der Waals surface area contributed by atoms with Crippen LogP contribution in [-0.4, -0.2) is 22.3 Å². The maximum Gasteiger partial charge on any atom is 0.416 e. The molecule has 28 heavy (non-hydrogen) atoms. The molecule has 0 saturated carbocycles. The average Bonchev–Trinajstić information content (AvgIpc) is 2.62. The van der Waals surface area contributed by atoms with Gasteiger partial charge in [0.15, 0.2) is 0 Å². The number of aromatic carboxylic acids is 1. The number of nitro groups is 1. The highest BCUT2D eigenvalue weighted by atomic mass is 35.5. The fourth-order valence-electron chi connectivity index (χ4n) is 1.80. The lowest BCUT2D eigenvalue weighted by molar-refractivity contribution is -0.385. The third-order valence-electron chi connectivity index (χ3n) is 2.98. The van der Waals surface area contributed by atoms with E-state index in [0.29, 0.717) is 12.4 Å². The number of carbonyl (C=O) groups excluding carboxylic acids is 1. The van der Waals surface area contributed by atoms with Crippen LogP contribution < -0.4 is 4.74 Å². The second-order valence-corrected chi connectivity index (χ2v) is 5.27. The van der Waals surface area contributed by atoms with E-state index in [2.05, 4.69) is 6.58 Å². The Hall–Kier alpha value is -3.40. The number of nitrogens with zero attached hydrogens (tertiary/aromatic N) is 1. The molecule has 0 unspecified atom stereocenters. The maximum atomic E-state index is 12.6. The first-order valence-corrected chi connectivity index (χ1v) is 7.51. The average molecular weight is 418 g/mol. The molecule has 0 amide bonds. The molecule has 0 aromatic heterocycles. The number of ether oxygens (including phenoxy) is 1. The summed E-state index contributed by atoms with van der Waals surface area (Å²) >= 11 is 5.72. The highest BCUT2D eigenvalue weighted by molar-refractivity contribution is 6.32. The fraction of sp³-hybridized carbons (Fsp3) is 0.0588. The molecule has 7 nitrogen and oxygen atoms in total. The van der Waals surface area contributed by atoms with Gasteiger partial charge in [-0.25, -0.2) is 4.79 Å². The van der Waals surface area contributed by atoms with Crippen molar-refractivity contribution in [3.05, 3.63) is 75.3 Å². The third-order valence-corrected chi connectivity index (χ3v) is 3.27. The summed E-state index contributed by atoms with van der Waals surface area (Å²) in [6.07, 6.45) is -2.74. The van der Waals surface area contributed by atoms with Gasteiger partial charge >= 0.3 is 12.1 Å². The lowest BCUT2D eigenvalue weighted by atomic mass is 10.1. The Balaban J connectivity index is 0.000000892. The fourth-order valence-corrected chi connectivity index (χ4v) is 2.02. The molecule has 0 atom stereocenters. The summed E-state index contributed by atoms with van der Waals surface area (Å²) in [5.74, 6) is -1.83. The monoisotopic (exact) mass is 417 g/mol. The van der Waals surface area contributed by atoms with Gasteiger partial charge in [0.25, 0.3) is 5.69 Å². The van der Waals surface area contributed by atoms with E-state index in [9.17, 15) is 28.1 Å². The van der Waals surface area contributed by atoms with Crippen LogP contribution in [0, 0.1) is 10.1 Å². The van der Waals surface area contributed by atoms with E-state index in [4.69, 9.17) is 26.2 Å². The number of carbonyl (C=O) groups is 2. The number of benzene rings is 2. The summed E-state index contributed by atoms with van der Waals surface area (Å²) in [7, 11) is 0. The molecule has 1 N–H and O–H groups in total. The summed E-state index contributed by atoms with van der Waals surface area (Å²) in [5.41, 5.74) is -2.25. The molecule has 0 heterocycles. The summed E-state index contributed by atoms with van der Waals surface area (Å²) < 4.78 is 42.9. The van der Waals surface area contributed by atoms with Crippen LogP contribution in [0.1, 0.15) is 15.9 Å². The van der Waals surface area contributed by atoms with E-state index in [-0.39, 0.29) is 16.5 Å². The molecule has 0 bridgehead atoms. The van der Waals surface area contributed by atoms with Crippen LogP contribution in [0.15, 0.2) is 49.1 Å². The van der Waals surface area contributed by atoms with E-state index >= 15 is 0 Å². The van der Waals surface area contributed by atoms with Crippen molar-refractivity contribution >= 4 is 29.5 Å². The van der Waals surface area contributed by atoms with E-state index < -0.39 is 33.9 Å². The SMILES string of the molecule is C=CC=O.O=C(O)c1cc(Oc2ccc(C(F)(F)F)cc2Cl)ccc1[N+](=O)[O-]. The molecule has 2 aromatic carbocycles. The molecular weight excluding hydrogens is 407 g/mol. The number of halogens is 4. The van der Waals surface area contributed by atoms with Crippen LogP contribution in [0.3, 0.4) is 0 Å². The number of aldehydes is 1. The van der Waals surface area contributed by atoms with Crippen molar-refractivity contribution in [3.63, 3.8) is 0 Å². The predicted octanol–water partition coefficient (Wildman–Crippen LogP) is 5.13. The normalized spacial score (nSPS) is 10.3. The van der Waals surface area contributed by atoms with Gasteiger partial charge in [0.05, 0.1) is 15.5 Å². The van der Waals surface area contributed by atoms with Gasteiger partial charge in [0.1, 0.15) is 23.3 Å². The van der Waals surface area contributed by atoms with Crippen LogP contribution in [0.4, 0.5) is 18.9 Å². The number of rotatable bonds is 5. The number of hydrogen-bond donors (Lipinski definition) is 1. The minimum Gasteiger partial charge on any atom is -0.477 e. The Labute approximate surface area is 160 Å². The topological polar surface area (TPSA) is 107 Å². The smallest absolute Gasteiger partial charge is 0.416 e. The maximum absolute atomic E-state index is 12.6.